The van der Waals surface area contributed by atoms with E-state index in [0.717, 1.165) is 5.96 Å². The first-order valence-corrected chi connectivity index (χ1v) is 7.42. The zero-order valence-corrected chi connectivity index (χ0v) is 11.1. The van der Waals surface area contributed by atoms with Gasteiger partial charge in [0.2, 0.25) is 5.96 Å². The number of rotatable bonds is 2. The van der Waals surface area contributed by atoms with Gasteiger partial charge in [-0.3, -0.25) is 10.3 Å². The topological polar surface area (TPSA) is 65.7 Å². The molecular weight excluding hydrogens is 226 g/mol. The first-order chi connectivity index (χ1) is 8.86. The van der Waals surface area contributed by atoms with Crippen LogP contribution in [0.4, 0.5) is 0 Å². The minimum atomic E-state index is 0.437. The van der Waals surface area contributed by atoms with Crippen LogP contribution in [0.3, 0.4) is 0 Å². The van der Waals surface area contributed by atoms with Gasteiger partial charge in [-0.15, -0.1) is 0 Å². The van der Waals surface area contributed by atoms with Crippen molar-refractivity contribution in [1.82, 2.24) is 15.6 Å². The Bertz CT molecular complexity index is 311. The molecule has 0 radical (unpaired) electrons. The Labute approximate surface area is 109 Å². The summed E-state index contributed by atoms with van der Waals surface area (Å²) in [5.41, 5.74) is 2.76. The predicted octanol–water partition coefficient (Wildman–Crippen LogP) is 0.575. The molecule has 1 aliphatic carbocycles. The zero-order chi connectivity index (χ0) is 12.4. The van der Waals surface area contributed by atoms with E-state index in [1.54, 1.807) is 0 Å². The molecule has 2 heterocycles. The first-order valence-electron chi connectivity index (χ1n) is 7.42. The Morgan fingerprint density at radius 2 is 1.89 bits per heavy atom. The molecule has 0 amide bonds. The van der Waals surface area contributed by atoms with Gasteiger partial charge >= 0.3 is 0 Å². The van der Waals surface area contributed by atoms with Crippen LogP contribution in [0.25, 0.3) is 0 Å². The second-order valence-electron chi connectivity index (χ2n) is 5.85. The molecule has 5 heteroatoms. The van der Waals surface area contributed by atoms with Crippen LogP contribution in [-0.2, 0) is 0 Å². The van der Waals surface area contributed by atoms with E-state index in [2.05, 4.69) is 15.6 Å². The Hall–Kier alpha value is -0.810. The van der Waals surface area contributed by atoms with E-state index in [4.69, 9.17) is 10.8 Å². The van der Waals surface area contributed by atoms with Gasteiger partial charge in [0.05, 0.1) is 6.04 Å². The molecule has 3 rings (SSSR count). The lowest BCUT2D eigenvalue weighted by molar-refractivity contribution is 0.314. The maximum atomic E-state index is 5.61. The van der Waals surface area contributed by atoms with Gasteiger partial charge in [-0.05, 0) is 38.6 Å². The second kappa shape index (κ2) is 5.45. The zero-order valence-electron chi connectivity index (χ0n) is 11.1. The Morgan fingerprint density at radius 1 is 1.06 bits per heavy atom. The van der Waals surface area contributed by atoms with Crippen molar-refractivity contribution in [2.24, 2.45) is 10.8 Å². The van der Waals surface area contributed by atoms with E-state index in [0.29, 0.717) is 18.1 Å². The molecular formula is C13H25N5. The van der Waals surface area contributed by atoms with E-state index in [1.807, 2.05) is 0 Å². The second-order valence-corrected chi connectivity index (χ2v) is 5.85. The summed E-state index contributed by atoms with van der Waals surface area (Å²) in [7, 11) is 0. The molecule has 2 aliphatic heterocycles. The van der Waals surface area contributed by atoms with Gasteiger partial charge in [0.1, 0.15) is 0 Å². The van der Waals surface area contributed by atoms with Crippen LogP contribution in [0.5, 0.6) is 0 Å². The lowest BCUT2D eigenvalue weighted by Gasteiger charge is -2.20. The molecule has 18 heavy (non-hydrogen) atoms. The molecule has 3 fully saturated rings. The summed E-state index contributed by atoms with van der Waals surface area (Å²) < 4.78 is 0. The standard InChI is InChI=1S/C13H25N5/c14-17-13(15-10-4-1-2-5-10)16-11-7-9-18-8-3-6-12(11)18/h10-12H,1-9,14H2,(H2,15,16,17). The monoisotopic (exact) mass is 251 g/mol. The van der Waals surface area contributed by atoms with Crippen molar-refractivity contribution in [3.05, 3.63) is 0 Å². The molecule has 102 valence electrons. The first kappa shape index (κ1) is 12.2. The maximum Gasteiger partial charge on any atom is 0.206 e. The normalized spacial score (nSPS) is 33.9. The van der Waals surface area contributed by atoms with Gasteiger partial charge in [0.15, 0.2) is 0 Å². The van der Waals surface area contributed by atoms with Gasteiger partial charge in [-0.1, -0.05) is 12.8 Å². The van der Waals surface area contributed by atoms with Crippen LogP contribution in [-0.4, -0.2) is 42.1 Å². The molecule has 2 saturated heterocycles. The van der Waals surface area contributed by atoms with Crippen LogP contribution in [0, 0.1) is 0 Å². The van der Waals surface area contributed by atoms with Gasteiger partial charge < -0.3 is 5.32 Å². The summed E-state index contributed by atoms with van der Waals surface area (Å²) >= 11 is 0. The van der Waals surface area contributed by atoms with Gasteiger partial charge in [-0.2, -0.15) is 0 Å². The van der Waals surface area contributed by atoms with E-state index in [9.17, 15) is 0 Å². The van der Waals surface area contributed by atoms with Crippen LogP contribution in [0.15, 0.2) is 4.99 Å². The fourth-order valence-corrected chi connectivity index (χ4v) is 3.75. The Kier molecular flexibility index (Phi) is 3.70. The molecule has 0 aromatic rings. The summed E-state index contributed by atoms with van der Waals surface area (Å²) in [6.07, 6.45) is 8.97. The van der Waals surface area contributed by atoms with Crippen molar-refractivity contribution in [1.29, 1.82) is 0 Å². The van der Waals surface area contributed by atoms with Gasteiger partial charge in [-0.25, -0.2) is 10.8 Å². The lowest BCUT2D eigenvalue weighted by Crippen LogP contribution is -2.46. The Morgan fingerprint density at radius 3 is 2.67 bits per heavy atom. The third-order valence-electron chi connectivity index (χ3n) is 4.70. The predicted molar refractivity (Wildman–Crippen MR) is 73.1 cm³/mol. The highest BCUT2D eigenvalue weighted by Crippen LogP contribution is 2.29. The van der Waals surface area contributed by atoms with Crippen LogP contribution in [0.2, 0.25) is 0 Å². The molecule has 4 N–H and O–H groups in total. The molecule has 5 nitrogen and oxygen atoms in total. The smallest absolute Gasteiger partial charge is 0.206 e. The molecule has 1 saturated carbocycles. The summed E-state index contributed by atoms with van der Waals surface area (Å²) in [6.45, 7) is 2.47. The maximum absolute atomic E-state index is 5.61. The molecule has 0 bridgehead atoms. The number of guanidine groups is 1. The van der Waals surface area contributed by atoms with Crippen molar-refractivity contribution in [2.75, 3.05) is 13.1 Å². The fraction of sp³-hybridized carbons (Fsp3) is 0.923. The molecule has 2 unspecified atom stereocenters. The fourth-order valence-electron chi connectivity index (χ4n) is 3.75. The van der Waals surface area contributed by atoms with Crippen molar-refractivity contribution in [3.8, 4) is 0 Å². The minimum Gasteiger partial charge on any atom is -0.353 e. The highest BCUT2D eigenvalue weighted by Gasteiger charge is 2.37. The molecule has 0 aromatic carbocycles. The number of hydrogen-bond donors (Lipinski definition) is 3. The largest absolute Gasteiger partial charge is 0.353 e. The number of fused-ring (bicyclic) bond motifs is 1. The number of nitrogens with two attached hydrogens (primary N) is 1. The summed E-state index contributed by atoms with van der Waals surface area (Å²) in [4.78, 5) is 7.41. The van der Waals surface area contributed by atoms with Crippen molar-refractivity contribution < 1.29 is 0 Å². The summed E-state index contributed by atoms with van der Waals surface area (Å²) in [6, 6.07) is 1.67. The quantitative estimate of drug-likeness (QED) is 0.291. The van der Waals surface area contributed by atoms with E-state index < -0.39 is 0 Å². The van der Waals surface area contributed by atoms with Gasteiger partial charge in [0, 0.05) is 18.6 Å². The molecule has 2 atom stereocenters. The van der Waals surface area contributed by atoms with Gasteiger partial charge in [0.25, 0.3) is 0 Å². The minimum absolute atomic E-state index is 0.437. The van der Waals surface area contributed by atoms with Crippen molar-refractivity contribution in [2.45, 2.75) is 63.1 Å². The van der Waals surface area contributed by atoms with Crippen LogP contribution in [0.1, 0.15) is 44.9 Å². The summed E-state index contributed by atoms with van der Waals surface area (Å²) in [5, 5.41) is 3.47. The van der Waals surface area contributed by atoms with E-state index in [1.165, 1.54) is 58.0 Å². The average Bonchev–Trinajstić information content (AvgIpc) is 3.06. The Balaban J connectivity index is 1.61. The van der Waals surface area contributed by atoms with Crippen molar-refractivity contribution in [3.63, 3.8) is 0 Å². The summed E-state index contributed by atoms with van der Waals surface area (Å²) in [5.74, 6) is 6.42. The number of nitrogens with one attached hydrogen (secondary N) is 2. The number of nitrogens with zero attached hydrogens (tertiary/aromatic N) is 2. The highest BCUT2D eigenvalue weighted by molar-refractivity contribution is 5.79. The van der Waals surface area contributed by atoms with Crippen LogP contribution < -0.4 is 16.6 Å². The lowest BCUT2D eigenvalue weighted by atomic mass is 10.1. The molecule has 0 spiro atoms. The third-order valence-corrected chi connectivity index (χ3v) is 4.70. The van der Waals surface area contributed by atoms with E-state index >= 15 is 0 Å². The average molecular weight is 251 g/mol. The van der Waals surface area contributed by atoms with Crippen molar-refractivity contribution >= 4 is 5.96 Å². The SMILES string of the molecule is NNC(=NC1CCN2CCCC12)NC1CCCC1. The molecule has 3 aliphatic rings. The van der Waals surface area contributed by atoms with Crippen LogP contribution >= 0.6 is 0 Å². The molecule has 0 aromatic heterocycles. The third kappa shape index (κ3) is 2.47. The van der Waals surface area contributed by atoms with E-state index in [-0.39, 0.29) is 0 Å². The highest BCUT2D eigenvalue weighted by atomic mass is 15.4. The number of hydrogen-bond acceptors (Lipinski definition) is 3. The number of aliphatic imine (C=N–C) groups is 1. The number of hydrazine groups is 1.